The van der Waals surface area contributed by atoms with Gasteiger partial charge in [0, 0.05) is 4.47 Å². The van der Waals surface area contributed by atoms with Crippen LogP contribution >= 0.6 is 26.9 Å². The number of unbranched alkanes of at least 4 members (excludes halogenated alkanes) is 1. The van der Waals surface area contributed by atoms with E-state index in [1.807, 2.05) is 6.07 Å². The average Bonchev–Trinajstić information content (AvgIpc) is 2.56. The van der Waals surface area contributed by atoms with Crippen molar-refractivity contribution in [1.29, 1.82) is 0 Å². The number of rotatable bonds is 7. The third-order valence-corrected chi connectivity index (χ3v) is 4.45. The maximum atomic E-state index is 11.1. The van der Waals surface area contributed by atoms with Crippen molar-refractivity contribution in [3.8, 4) is 0 Å². The van der Waals surface area contributed by atoms with Crippen LogP contribution in [0.15, 0.2) is 53.0 Å². The number of aromatic carboxylic acids is 1. The van der Waals surface area contributed by atoms with E-state index in [0.29, 0.717) is 5.69 Å². The predicted molar refractivity (Wildman–Crippen MR) is 104 cm³/mol. The number of carbonyl (C=O) groups is 1. The molecule has 0 amide bonds. The normalized spacial score (nSPS) is 9.96. The standard InChI is InChI=1S/C18H18BrNO2S/c19-15-10-8-14(9-11-15)5-3-4-12-23-13-20-17-7-2-1-6-16(17)18(21)22/h1-2,6-13,20H,3-5H2,(H,21,22). The minimum atomic E-state index is -0.926. The summed E-state index contributed by atoms with van der Waals surface area (Å²) in [5, 5.41) is 14.2. The molecule has 2 aromatic rings. The second-order valence-corrected chi connectivity index (χ2v) is 6.69. The summed E-state index contributed by atoms with van der Waals surface area (Å²) < 4.78 is 1.10. The maximum Gasteiger partial charge on any atom is 0.337 e. The number of aryl methyl sites for hydroxylation is 1. The molecule has 23 heavy (non-hydrogen) atoms. The van der Waals surface area contributed by atoms with Crippen molar-refractivity contribution >= 4 is 49.4 Å². The Balaban J connectivity index is 1.79. The first-order valence-electron chi connectivity index (χ1n) is 7.29. The number of carboxylic acid groups (broad SMARTS) is 1. The molecule has 0 aliphatic heterocycles. The van der Waals surface area contributed by atoms with Crippen molar-refractivity contribution in [2.45, 2.75) is 19.3 Å². The van der Waals surface area contributed by atoms with Gasteiger partial charge in [0.05, 0.1) is 16.7 Å². The lowest BCUT2D eigenvalue weighted by Crippen LogP contribution is -2.03. The minimum Gasteiger partial charge on any atom is -0.478 e. The van der Waals surface area contributed by atoms with Gasteiger partial charge in [0.25, 0.3) is 0 Å². The minimum absolute atomic E-state index is 0.277. The van der Waals surface area contributed by atoms with Gasteiger partial charge in [-0.2, -0.15) is 0 Å². The second kappa shape index (κ2) is 9.33. The molecule has 0 atom stereocenters. The monoisotopic (exact) mass is 391 g/mol. The molecule has 0 aromatic heterocycles. The van der Waals surface area contributed by atoms with Gasteiger partial charge in [0.1, 0.15) is 0 Å². The van der Waals surface area contributed by atoms with Crippen LogP contribution in [0.2, 0.25) is 0 Å². The Kier molecular flexibility index (Phi) is 7.10. The van der Waals surface area contributed by atoms with E-state index in [1.54, 1.807) is 34.6 Å². The summed E-state index contributed by atoms with van der Waals surface area (Å²) in [7, 11) is 1.54. The van der Waals surface area contributed by atoms with Gasteiger partial charge in [-0.3, -0.25) is 0 Å². The topological polar surface area (TPSA) is 49.3 Å². The Bertz CT molecular complexity index is 722. The number of nitrogens with one attached hydrogen (secondary N) is 1. The molecule has 0 unspecified atom stereocenters. The average molecular weight is 392 g/mol. The number of hydrogen-bond donors (Lipinski definition) is 2. The van der Waals surface area contributed by atoms with Crippen molar-refractivity contribution in [2.24, 2.45) is 0 Å². The van der Waals surface area contributed by atoms with Crippen LogP contribution in [0.4, 0.5) is 5.69 Å². The molecule has 0 bridgehead atoms. The Morgan fingerprint density at radius 3 is 2.65 bits per heavy atom. The number of hydrogen-bond acceptors (Lipinski definition) is 1. The van der Waals surface area contributed by atoms with Crippen LogP contribution in [-0.4, -0.2) is 21.9 Å². The fourth-order valence-corrected chi connectivity index (χ4v) is 2.91. The molecule has 0 spiro atoms. The van der Waals surface area contributed by atoms with Crippen LogP contribution in [0.3, 0.4) is 0 Å². The SMILES string of the molecule is O=C(O)c1ccccc1NC=S=CCCCc1ccc(Br)cc1. The van der Waals surface area contributed by atoms with E-state index in [9.17, 15) is 4.79 Å². The first-order chi connectivity index (χ1) is 11.2. The van der Waals surface area contributed by atoms with Crippen LogP contribution in [0, 0.1) is 0 Å². The van der Waals surface area contributed by atoms with Gasteiger partial charge in [-0.1, -0.05) is 40.2 Å². The molecule has 0 aliphatic rings. The summed E-state index contributed by atoms with van der Waals surface area (Å²) >= 11 is 3.43. The van der Waals surface area contributed by atoms with E-state index in [2.05, 4.69) is 50.9 Å². The largest absolute Gasteiger partial charge is 0.478 e. The molecular formula is C18H18BrNO2S. The Morgan fingerprint density at radius 2 is 1.91 bits per heavy atom. The van der Waals surface area contributed by atoms with Crippen molar-refractivity contribution in [3.05, 3.63) is 64.1 Å². The molecule has 0 heterocycles. The fraction of sp³-hybridized carbons (Fsp3) is 0.167. The van der Waals surface area contributed by atoms with E-state index in [4.69, 9.17) is 5.11 Å². The third kappa shape index (κ3) is 6.04. The highest BCUT2D eigenvalue weighted by molar-refractivity contribution is 9.10. The van der Waals surface area contributed by atoms with E-state index in [1.165, 1.54) is 5.56 Å². The van der Waals surface area contributed by atoms with Crippen LogP contribution in [0.25, 0.3) is 0 Å². The number of anilines is 1. The Hall–Kier alpha value is -1.85. The van der Waals surface area contributed by atoms with Gasteiger partial charge in [-0.05, 0) is 54.5 Å². The third-order valence-electron chi connectivity index (χ3n) is 3.24. The summed E-state index contributed by atoms with van der Waals surface area (Å²) in [6.45, 7) is 0. The smallest absolute Gasteiger partial charge is 0.337 e. The molecule has 5 heteroatoms. The van der Waals surface area contributed by atoms with Crippen LogP contribution in [0.5, 0.6) is 0 Å². The van der Waals surface area contributed by atoms with E-state index in [-0.39, 0.29) is 5.56 Å². The highest BCUT2D eigenvalue weighted by atomic mass is 79.9. The van der Waals surface area contributed by atoms with Gasteiger partial charge >= 0.3 is 5.97 Å². The van der Waals surface area contributed by atoms with Crippen molar-refractivity contribution in [2.75, 3.05) is 5.32 Å². The van der Waals surface area contributed by atoms with Gasteiger partial charge in [-0.25, -0.2) is 4.79 Å². The molecule has 2 aromatic carbocycles. The summed E-state index contributed by atoms with van der Waals surface area (Å²) in [6, 6.07) is 15.3. The number of para-hydroxylation sites is 1. The van der Waals surface area contributed by atoms with Crippen molar-refractivity contribution in [3.63, 3.8) is 0 Å². The number of benzene rings is 2. The molecule has 2 N–H and O–H groups in total. The Labute approximate surface area is 148 Å². The molecule has 120 valence electrons. The molecule has 3 nitrogen and oxygen atoms in total. The lowest BCUT2D eigenvalue weighted by molar-refractivity contribution is 0.0698. The number of halogens is 1. The van der Waals surface area contributed by atoms with Crippen LogP contribution in [-0.2, 0) is 6.42 Å². The fourth-order valence-electron chi connectivity index (χ4n) is 2.05. The number of carboxylic acids is 1. The van der Waals surface area contributed by atoms with Gasteiger partial charge in [0.15, 0.2) is 0 Å². The van der Waals surface area contributed by atoms with Crippen LogP contribution in [0.1, 0.15) is 28.8 Å². The first kappa shape index (κ1) is 17.5. The summed E-state index contributed by atoms with van der Waals surface area (Å²) in [4.78, 5) is 11.1. The summed E-state index contributed by atoms with van der Waals surface area (Å²) in [5.74, 6) is -0.926. The van der Waals surface area contributed by atoms with Crippen molar-refractivity contribution in [1.82, 2.24) is 0 Å². The molecule has 2 rings (SSSR count). The summed E-state index contributed by atoms with van der Waals surface area (Å²) in [6.07, 6.45) is 3.15. The lowest BCUT2D eigenvalue weighted by Gasteiger charge is -2.03. The lowest BCUT2D eigenvalue weighted by atomic mass is 10.1. The van der Waals surface area contributed by atoms with E-state index < -0.39 is 5.97 Å². The van der Waals surface area contributed by atoms with Gasteiger partial charge in [-0.15, -0.1) is 10.9 Å². The molecule has 0 fully saturated rings. The zero-order chi connectivity index (χ0) is 16.5. The van der Waals surface area contributed by atoms with Crippen LogP contribution < -0.4 is 5.32 Å². The molecular weight excluding hydrogens is 374 g/mol. The zero-order valence-electron chi connectivity index (χ0n) is 12.5. The van der Waals surface area contributed by atoms with E-state index in [0.717, 1.165) is 23.7 Å². The quantitative estimate of drug-likeness (QED) is 0.522. The van der Waals surface area contributed by atoms with Crippen molar-refractivity contribution < 1.29 is 9.90 Å². The predicted octanol–water partition coefficient (Wildman–Crippen LogP) is 4.88. The highest BCUT2D eigenvalue weighted by Crippen LogP contribution is 2.14. The molecule has 0 saturated heterocycles. The first-order valence-corrected chi connectivity index (χ1v) is 9.02. The highest BCUT2D eigenvalue weighted by Gasteiger charge is 2.06. The second-order valence-electron chi connectivity index (χ2n) is 4.93. The molecule has 0 saturated carbocycles. The molecule has 0 radical (unpaired) electrons. The maximum absolute atomic E-state index is 11.1. The molecule has 0 aliphatic carbocycles. The van der Waals surface area contributed by atoms with Gasteiger partial charge in [0.2, 0.25) is 0 Å². The summed E-state index contributed by atoms with van der Waals surface area (Å²) in [5.41, 5.74) is 4.03. The van der Waals surface area contributed by atoms with Gasteiger partial charge < -0.3 is 10.4 Å². The Morgan fingerprint density at radius 1 is 1.17 bits per heavy atom. The van der Waals surface area contributed by atoms with E-state index >= 15 is 0 Å². The zero-order valence-corrected chi connectivity index (χ0v) is 14.9.